The summed E-state index contributed by atoms with van der Waals surface area (Å²) < 4.78 is 31.5. The number of ether oxygens (including phenoxy) is 3. The number of aliphatic hydroxyl groups excluding tert-OH is 1. The van der Waals surface area contributed by atoms with Crippen molar-refractivity contribution in [2.45, 2.75) is 74.9 Å². The zero-order valence-electron chi connectivity index (χ0n) is 28.5. The molecule has 0 radical (unpaired) electrons. The van der Waals surface area contributed by atoms with Crippen LogP contribution in [-0.4, -0.2) is 47.3 Å². The van der Waals surface area contributed by atoms with Gasteiger partial charge < -0.3 is 19.3 Å². The van der Waals surface area contributed by atoms with Gasteiger partial charge in [-0.25, -0.2) is 4.39 Å². The summed E-state index contributed by atoms with van der Waals surface area (Å²) in [5, 5.41) is 20.4. The first-order valence-corrected chi connectivity index (χ1v) is 18.7. The summed E-state index contributed by atoms with van der Waals surface area (Å²) in [4.78, 5) is 28.8. The van der Waals surface area contributed by atoms with E-state index < -0.39 is 17.7 Å². The molecule has 0 spiro atoms. The molecule has 1 aliphatic heterocycles. The Bertz CT molecular complexity index is 1780. The van der Waals surface area contributed by atoms with Crippen LogP contribution in [0.3, 0.4) is 0 Å². The third-order valence-corrected chi connectivity index (χ3v) is 10.4. The lowest BCUT2D eigenvalue weighted by Crippen LogP contribution is -2.29. The molecule has 1 N–H and O–H groups in total. The van der Waals surface area contributed by atoms with E-state index in [0.717, 1.165) is 55.4 Å². The SMILES string of the molecule is CCCCCCCOc1ccc(C2/C(=C(\O)c3ccc(OCCCC)cc3)C(=O)C(=O)N2c2nnc(SCc3ccc(F)cc3)s2)cc1OC. The van der Waals surface area contributed by atoms with E-state index in [-0.39, 0.29) is 22.3 Å². The molecular formula is C38H42FN3O6S2. The zero-order chi connectivity index (χ0) is 35.5. The molecule has 1 aliphatic rings. The molecular weight excluding hydrogens is 678 g/mol. The fourth-order valence-electron chi connectivity index (χ4n) is 5.49. The normalized spacial score (nSPS) is 15.4. The van der Waals surface area contributed by atoms with Crippen LogP contribution in [0.5, 0.6) is 17.2 Å². The van der Waals surface area contributed by atoms with Crippen molar-refractivity contribution in [3.8, 4) is 17.2 Å². The topological polar surface area (TPSA) is 111 Å². The average molecular weight is 720 g/mol. The lowest BCUT2D eigenvalue weighted by atomic mass is 9.95. The predicted molar refractivity (Wildman–Crippen MR) is 195 cm³/mol. The number of carbonyl (C=O) groups excluding carboxylic acids is 2. The second kappa shape index (κ2) is 18.0. The zero-order valence-corrected chi connectivity index (χ0v) is 30.2. The Morgan fingerprint density at radius 3 is 2.32 bits per heavy atom. The Morgan fingerprint density at radius 1 is 0.880 bits per heavy atom. The van der Waals surface area contributed by atoms with Gasteiger partial charge >= 0.3 is 5.91 Å². The maximum absolute atomic E-state index is 13.8. The van der Waals surface area contributed by atoms with Crippen molar-refractivity contribution in [1.82, 2.24) is 10.2 Å². The molecule has 1 atom stereocenters. The number of carbonyl (C=O) groups is 2. The maximum atomic E-state index is 13.8. The standard InChI is InChI=1S/C38H42FN3O6S2/c1-4-6-8-9-10-22-48-30-20-15-27(23-31(30)46-3)33-32(34(43)26-13-18-29(19-14-26)47-21-7-5-2)35(44)36(45)42(33)37-40-41-38(50-37)49-24-25-11-16-28(39)17-12-25/h11-20,23,33,43H,4-10,21-22,24H2,1-3H3/b34-32+. The number of aliphatic hydroxyl groups is 1. The van der Waals surface area contributed by atoms with Crippen LogP contribution in [0.2, 0.25) is 0 Å². The summed E-state index contributed by atoms with van der Waals surface area (Å²) in [6.45, 7) is 5.35. The number of rotatable bonds is 18. The van der Waals surface area contributed by atoms with Gasteiger partial charge in [0.1, 0.15) is 17.3 Å². The third-order valence-electron chi connectivity index (χ3n) is 8.23. The minimum atomic E-state index is -1.03. The van der Waals surface area contributed by atoms with Crippen LogP contribution in [0.15, 0.2) is 76.6 Å². The third kappa shape index (κ3) is 9.02. The van der Waals surface area contributed by atoms with Crippen LogP contribution < -0.4 is 19.1 Å². The molecule has 4 aromatic rings. The van der Waals surface area contributed by atoms with E-state index in [1.165, 1.54) is 42.3 Å². The van der Waals surface area contributed by atoms with Crippen molar-refractivity contribution < 1.29 is 33.3 Å². The van der Waals surface area contributed by atoms with Crippen LogP contribution in [0.25, 0.3) is 5.76 Å². The highest BCUT2D eigenvalue weighted by Gasteiger charge is 2.48. The number of thioether (sulfide) groups is 1. The van der Waals surface area contributed by atoms with E-state index in [0.29, 0.717) is 51.7 Å². The van der Waals surface area contributed by atoms with Gasteiger partial charge in [-0.1, -0.05) is 87.2 Å². The van der Waals surface area contributed by atoms with Crippen molar-refractivity contribution in [3.05, 3.63) is 94.8 Å². The smallest absolute Gasteiger partial charge is 0.301 e. The number of amides is 1. The highest BCUT2D eigenvalue weighted by Crippen LogP contribution is 2.45. The minimum Gasteiger partial charge on any atom is -0.507 e. The highest BCUT2D eigenvalue weighted by molar-refractivity contribution is 8.00. The molecule has 2 heterocycles. The van der Waals surface area contributed by atoms with Gasteiger partial charge in [0.25, 0.3) is 5.78 Å². The molecule has 50 heavy (non-hydrogen) atoms. The lowest BCUT2D eigenvalue weighted by molar-refractivity contribution is -0.132. The summed E-state index contributed by atoms with van der Waals surface area (Å²) in [7, 11) is 1.53. The number of Topliss-reactive ketones (excluding diaryl/α,β-unsaturated/α-hetero) is 1. The molecule has 0 bridgehead atoms. The molecule has 1 amide bonds. The number of hydrogen-bond donors (Lipinski definition) is 1. The number of anilines is 1. The monoisotopic (exact) mass is 719 g/mol. The van der Waals surface area contributed by atoms with Gasteiger partial charge in [0.15, 0.2) is 15.8 Å². The van der Waals surface area contributed by atoms with Gasteiger partial charge in [0, 0.05) is 11.3 Å². The Hall–Kier alpha value is -4.42. The molecule has 12 heteroatoms. The summed E-state index contributed by atoms with van der Waals surface area (Å²) >= 11 is 2.53. The van der Waals surface area contributed by atoms with Crippen LogP contribution in [-0.2, 0) is 15.3 Å². The molecule has 264 valence electrons. The number of ketones is 1. The number of unbranched alkanes of at least 4 members (excludes halogenated alkanes) is 5. The highest BCUT2D eigenvalue weighted by atomic mass is 32.2. The first-order valence-electron chi connectivity index (χ1n) is 16.9. The van der Waals surface area contributed by atoms with Crippen molar-refractivity contribution in [2.24, 2.45) is 0 Å². The van der Waals surface area contributed by atoms with Crippen molar-refractivity contribution >= 4 is 45.7 Å². The second-order valence-corrected chi connectivity index (χ2v) is 14.0. The molecule has 1 saturated heterocycles. The van der Waals surface area contributed by atoms with E-state index in [2.05, 4.69) is 24.0 Å². The number of benzene rings is 3. The summed E-state index contributed by atoms with van der Waals surface area (Å²) in [5.74, 6) is -0.212. The number of hydrogen-bond acceptors (Lipinski definition) is 10. The fraction of sp³-hybridized carbons (Fsp3) is 0.368. The lowest BCUT2D eigenvalue weighted by Gasteiger charge is -2.23. The summed E-state index contributed by atoms with van der Waals surface area (Å²) in [6, 6.07) is 17.2. The van der Waals surface area contributed by atoms with E-state index in [9.17, 15) is 19.1 Å². The Balaban J connectivity index is 1.48. The number of aromatic nitrogens is 2. The molecule has 0 aliphatic carbocycles. The van der Waals surface area contributed by atoms with E-state index in [4.69, 9.17) is 14.2 Å². The Morgan fingerprint density at radius 2 is 1.60 bits per heavy atom. The second-order valence-electron chi connectivity index (χ2n) is 11.8. The largest absolute Gasteiger partial charge is 0.507 e. The van der Waals surface area contributed by atoms with Crippen LogP contribution in [0.1, 0.15) is 81.5 Å². The average Bonchev–Trinajstić information content (AvgIpc) is 3.71. The molecule has 1 fully saturated rings. The quantitative estimate of drug-likeness (QED) is 0.0269. The fourth-order valence-corrected chi connectivity index (χ4v) is 7.31. The van der Waals surface area contributed by atoms with Gasteiger partial charge in [0.05, 0.1) is 31.9 Å². The van der Waals surface area contributed by atoms with Crippen molar-refractivity contribution in [3.63, 3.8) is 0 Å². The number of nitrogens with zero attached hydrogens (tertiary/aromatic N) is 3. The number of halogens is 1. The van der Waals surface area contributed by atoms with Gasteiger partial charge in [0.2, 0.25) is 5.13 Å². The molecule has 1 aromatic heterocycles. The molecule has 0 saturated carbocycles. The van der Waals surface area contributed by atoms with Crippen LogP contribution >= 0.6 is 23.1 Å². The Labute approximate surface area is 300 Å². The Kier molecular flexibility index (Phi) is 13.3. The first-order chi connectivity index (χ1) is 24.3. The molecule has 5 rings (SSSR count). The van der Waals surface area contributed by atoms with Gasteiger partial charge in [-0.15, -0.1) is 10.2 Å². The molecule has 1 unspecified atom stereocenters. The van der Waals surface area contributed by atoms with E-state index >= 15 is 0 Å². The van der Waals surface area contributed by atoms with Gasteiger partial charge in [-0.05, 0) is 72.5 Å². The van der Waals surface area contributed by atoms with Gasteiger partial charge in [-0.3, -0.25) is 14.5 Å². The molecule has 3 aromatic carbocycles. The molecule has 9 nitrogen and oxygen atoms in total. The van der Waals surface area contributed by atoms with Gasteiger partial charge in [-0.2, -0.15) is 0 Å². The number of methoxy groups -OCH3 is 1. The van der Waals surface area contributed by atoms with Crippen LogP contribution in [0.4, 0.5) is 9.52 Å². The minimum absolute atomic E-state index is 0.0861. The maximum Gasteiger partial charge on any atom is 0.301 e. The van der Waals surface area contributed by atoms with Crippen molar-refractivity contribution in [1.29, 1.82) is 0 Å². The predicted octanol–water partition coefficient (Wildman–Crippen LogP) is 9.13. The first kappa shape index (κ1) is 36.9. The summed E-state index contributed by atoms with van der Waals surface area (Å²) in [5.41, 5.74) is 1.69. The van der Waals surface area contributed by atoms with Crippen molar-refractivity contribution in [2.75, 3.05) is 25.2 Å². The van der Waals surface area contributed by atoms with E-state index in [1.807, 2.05) is 0 Å². The van der Waals surface area contributed by atoms with Crippen LogP contribution in [0, 0.1) is 5.82 Å². The summed E-state index contributed by atoms with van der Waals surface area (Å²) in [6.07, 6.45) is 7.40. The van der Waals surface area contributed by atoms with E-state index in [1.54, 1.807) is 54.6 Å².